The zero-order valence-electron chi connectivity index (χ0n) is 8.02. The second-order valence-electron chi connectivity index (χ2n) is 3.31. The van der Waals surface area contributed by atoms with E-state index in [4.69, 9.17) is 0 Å². The van der Waals surface area contributed by atoms with Crippen molar-refractivity contribution in [3.8, 4) is 0 Å². The second kappa shape index (κ2) is 4.17. The molecule has 0 saturated heterocycles. The molecule has 0 aromatic heterocycles. The van der Waals surface area contributed by atoms with Gasteiger partial charge in [0.05, 0.1) is 0 Å². The van der Waals surface area contributed by atoms with E-state index in [0.29, 0.717) is 0 Å². The molecule has 0 bridgehead atoms. The lowest BCUT2D eigenvalue weighted by atomic mass is 9.84. The van der Waals surface area contributed by atoms with Gasteiger partial charge in [0.25, 0.3) is 0 Å². The summed E-state index contributed by atoms with van der Waals surface area (Å²) in [5.74, 6) is 0. The molecule has 0 spiro atoms. The van der Waals surface area contributed by atoms with Crippen molar-refractivity contribution in [3.63, 3.8) is 0 Å². The summed E-state index contributed by atoms with van der Waals surface area (Å²) in [6, 6.07) is 0. The highest BCUT2D eigenvalue weighted by atomic mass is 14.2. The Morgan fingerprint density at radius 2 is 1.91 bits per heavy atom. The van der Waals surface area contributed by atoms with E-state index < -0.39 is 0 Å². The minimum absolute atomic E-state index is 0.170. The molecule has 0 rings (SSSR count). The van der Waals surface area contributed by atoms with E-state index >= 15 is 0 Å². The molecule has 0 radical (unpaired) electrons. The van der Waals surface area contributed by atoms with Crippen LogP contribution in [0.15, 0.2) is 36.5 Å². The monoisotopic (exact) mass is 150 g/mol. The van der Waals surface area contributed by atoms with E-state index in [0.717, 1.165) is 0 Å². The van der Waals surface area contributed by atoms with Crippen LogP contribution >= 0.6 is 0 Å². The van der Waals surface area contributed by atoms with Crippen molar-refractivity contribution >= 4 is 0 Å². The topological polar surface area (TPSA) is 0 Å². The van der Waals surface area contributed by atoms with Gasteiger partial charge in [0.1, 0.15) is 0 Å². The van der Waals surface area contributed by atoms with Crippen LogP contribution < -0.4 is 0 Å². The van der Waals surface area contributed by atoms with Gasteiger partial charge in [0.15, 0.2) is 0 Å². The van der Waals surface area contributed by atoms with Crippen molar-refractivity contribution in [2.75, 3.05) is 0 Å². The van der Waals surface area contributed by atoms with Crippen LogP contribution in [0.4, 0.5) is 0 Å². The van der Waals surface area contributed by atoms with Gasteiger partial charge in [0.2, 0.25) is 0 Å². The molecule has 0 N–H and O–H groups in total. The summed E-state index contributed by atoms with van der Waals surface area (Å²) < 4.78 is 0. The average molecular weight is 150 g/mol. The van der Waals surface area contributed by atoms with Gasteiger partial charge in [-0.25, -0.2) is 0 Å². The zero-order chi connectivity index (χ0) is 8.91. The molecule has 0 saturated carbocycles. The molecule has 0 amide bonds. The third kappa shape index (κ3) is 3.22. The highest BCUT2D eigenvalue weighted by molar-refractivity contribution is 5.20. The quantitative estimate of drug-likeness (QED) is 0.425. The van der Waals surface area contributed by atoms with Gasteiger partial charge in [-0.05, 0) is 13.8 Å². The van der Waals surface area contributed by atoms with Crippen LogP contribution in [-0.4, -0.2) is 0 Å². The van der Waals surface area contributed by atoms with Crippen molar-refractivity contribution in [1.82, 2.24) is 0 Å². The van der Waals surface area contributed by atoms with Crippen molar-refractivity contribution in [1.29, 1.82) is 0 Å². The molecular weight excluding hydrogens is 132 g/mol. The Hall–Kier alpha value is -0.780. The van der Waals surface area contributed by atoms with E-state index in [1.54, 1.807) is 0 Å². The molecule has 0 unspecified atom stereocenters. The number of rotatable bonds is 3. The van der Waals surface area contributed by atoms with Crippen LogP contribution in [0.2, 0.25) is 0 Å². The SMILES string of the molecule is C=CC=C(C)C(C)(C)C=CC. The maximum absolute atomic E-state index is 3.67. The van der Waals surface area contributed by atoms with Crippen molar-refractivity contribution < 1.29 is 0 Å². The van der Waals surface area contributed by atoms with E-state index in [2.05, 4.69) is 45.6 Å². The fourth-order valence-electron chi connectivity index (χ4n) is 0.940. The van der Waals surface area contributed by atoms with Crippen LogP contribution in [0.25, 0.3) is 0 Å². The Kier molecular flexibility index (Phi) is 3.88. The van der Waals surface area contributed by atoms with Gasteiger partial charge in [-0.1, -0.05) is 50.3 Å². The van der Waals surface area contributed by atoms with Gasteiger partial charge >= 0.3 is 0 Å². The lowest BCUT2D eigenvalue weighted by Crippen LogP contribution is -2.08. The highest BCUT2D eigenvalue weighted by Crippen LogP contribution is 2.27. The molecular formula is C11H18. The van der Waals surface area contributed by atoms with Crippen LogP contribution in [0, 0.1) is 5.41 Å². The molecule has 0 aliphatic heterocycles. The Bertz CT molecular complexity index is 180. The Labute approximate surface area is 70.3 Å². The van der Waals surface area contributed by atoms with Gasteiger partial charge < -0.3 is 0 Å². The van der Waals surface area contributed by atoms with Gasteiger partial charge in [-0.15, -0.1) is 0 Å². The number of hydrogen-bond donors (Lipinski definition) is 0. The summed E-state index contributed by atoms with van der Waals surface area (Å²) in [6.07, 6.45) is 8.17. The summed E-state index contributed by atoms with van der Waals surface area (Å²) in [7, 11) is 0. The number of hydrogen-bond acceptors (Lipinski definition) is 0. The third-order valence-electron chi connectivity index (χ3n) is 1.97. The lowest BCUT2D eigenvalue weighted by molar-refractivity contribution is 0.579. The fourth-order valence-corrected chi connectivity index (χ4v) is 0.940. The van der Waals surface area contributed by atoms with Crippen LogP contribution in [0.1, 0.15) is 27.7 Å². The van der Waals surface area contributed by atoms with Gasteiger partial charge in [0, 0.05) is 5.41 Å². The molecule has 0 aromatic carbocycles. The first-order valence-corrected chi connectivity index (χ1v) is 3.98. The zero-order valence-corrected chi connectivity index (χ0v) is 8.02. The summed E-state index contributed by atoms with van der Waals surface area (Å²) in [5, 5.41) is 0. The van der Waals surface area contributed by atoms with E-state index in [9.17, 15) is 0 Å². The molecule has 0 aliphatic rings. The first-order chi connectivity index (χ1) is 5.04. The average Bonchev–Trinajstić information content (AvgIpc) is 1.88. The Morgan fingerprint density at radius 1 is 1.36 bits per heavy atom. The van der Waals surface area contributed by atoms with Crippen LogP contribution in [0.3, 0.4) is 0 Å². The normalized spacial score (nSPS) is 14.0. The fraction of sp³-hybridized carbons (Fsp3) is 0.455. The predicted molar refractivity (Wildman–Crippen MR) is 52.5 cm³/mol. The minimum Gasteiger partial charge on any atom is -0.0991 e. The van der Waals surface area contributed by atoms with Crippen LogP contribution in [0.5, 0.6) is 0 Å². The summed E-state index contributed by atoms with van der Waals surface area (Å²) in [4.78, 5) is 0. The maximum Gasteiger partial charge on any atom is 0.00344 e. The Morgan fingerprint density at radius 3 is 2.27 bits per heavy atom. The van der Waals surface area contributed by atoms with Gasteiger partial charge in [-0.3, -0.25) is 0 Å². The minimum atomic E-state index is 0.170. The lowest BCUT2D eigenvalue weighted by Gasteiger charge is -2.20. The van der Waals surface area contributed by atoms with E-state index in [1.807, 2.05) is 13.0 Å². The molecule has 0 atom stereocenters. The first-order valence-electron chi connectivity index (χ1n) is 3.98. The summed E-state index contributed by atoms with van der Waals surface area (Å²) in [5.41, 5.74) is 1.51. The summed E-state index contributed by atoms with van der Waals surface area (Å²) >= 11 is 0. The molecule has 0 nitrogen and oxygen atoms in total. The third-order valence-corrected chi connectivity index (χ3v) is 1.97. The molecule has 0 heteroatoms. The molecule has 0 aliphatic carbocycles. The molecule has 0 fully saturated rings. The van der Waals surface area contributed by atoms with Crippen molar-refractivity contribution in [2.45, 2.75) is 27.7 Å². The first kappa shape index (κ1) is 10.2. The second-order valence-corrected chi connectivity index (χ2v) is 3.31. The number of allylic oxidation sites excluding steroid dienone is 5. The molecule has 11 heavy (non-hydrogen) atoms. The Balaban J connectivity index is 4.53. The van der Waals surface area contributed by atoms with Crippen LogP contribution in [-0.2, 0) is 0 Å². The van der Waals surface area contributed by atoms with E-state index in [-0.39, 0.29) is 5.41 Å². The highest BCUT2D eigenvalue weighted by Gasteiger charge is 2.14. The molecule has 0 heterocycles. The maximum atomic E-state index is 3.67. The molecule has 0 aromatic rings. The largest absolute Gasteiger partial charge is 0.0991 e. The summed E-state index contributed by atoms with van der Waals surface area (Å²) in [6.45, 7) is 12.2. The predicted octanol–water partition coefficient (Wildman–Crippen LogP) is 3.72. The smallest absolute Gasteiger partial charge is 0.00344 e. The van der Waals surface area contributed by atoms with Crippen molar-refractivity contribution in [2.24, 2.45) is 5.41 Å². The standard InChI is InChI=1S/C11H18/c1-6-8-10(3)11(4,5)9-7-2/h6-9H,1H2,2-5H3. The van der Waals surface area contributed by atoms with Crippen molar-refractivity contribution in [3.05, 3.63) is 36.5 Å². The van der Waals surface area contributed by atoms with Gasteiger partial charge in [-0.2, -0.15) is 0 Å². The molecule has 62 valence electrons. The van der Waals surface area contributed by atoms with E-state index in [1.165, 1.54) is 5.57 Å².